The molecule has 3 nitrogen and oxygen atoms in total. The normalized spacial score (nSPS) is 11.9. The number of carbonyl (C=O) groups excluding carboxylic acids is 1. The molecule has 3 heteroatoms. The molecular weight excluding hydrogens is 298 g/mol. The fourth-order valence-electron chi connectivity index (χ4n) is 2.72. The quantitative estimate of drug-likeness (QED) is 0.723. The van der Waals surface area contributed by atoms with Crippen LogP contribution >= 0.6 is 0 Å². The molecule has 0 fully saturated rings. The highest BCUT2D eigenvalue weighted by molar-refractivity contribution is 5.95. The number of carbonyl (C=O) groups is 1. The number of fused-ring (bicyclic) bond motifs is 1. The zero-order valence-corrected chi connectivity index (χ0v) is 14.0. The number of benzene rings is 3. The predicted octanol–water partition coefficient (Wildman–Crippen LogP) is 4.94. The molecule has 0 saturated carbocycles. The summed E-state index contributed by atoms with van der Waals surface area (Å²) < 4.78 is 6.03. The first kappa shape index (κ1) is 16.1. The number of hydrogen-bond donors (Lipinski definition) is 1. The second-order valence-corrected chi connectivity index (χ2v) is 5.85. The van der Waals surface area contributed by atoms with E-state index in [0.29, 0.717) is 6.42 Å². The number of rotatable bonds is 5. The maximum absolute atomic E-state index is 12.6. The van der Waals surface area contributed by atoms with Crippen LogP contribution in [0.5, 0.6) is 5.75 Å². The summed E-state index contributed by atoms with van der Waals surface area (Å²) in [4.78, 5) is 12.6. The SMILES string of the molecule is CC[C@@H](Oc1cccc2ccccc12)C(=O)Nc1cccc(C)c1. The predicted molar refractivity (Wildman–Crippen MR) is 98.5 cm³/mol. The number of nitrogens with one attached hydrogen (secondary N) is 1. The maximum atomic E-state index is 12.6. The minimum atomic E-state index is -0.531. The van der Waals surface area contributed by atoms with Crippen molar-refractivity contribution in [2.24, 2.45) is 0 Å². The van der Waals surface area contributed by atoms with Gasteiger partial charge in [0.15, 0.2) is 6.10 Å². The Morgan fingerprint density at radius 3 is 2.58 bits per heavy atom. The van der Waals surface area contributed by atoms with Crippen molar-refractivity contribution in [3.8, 4) is 5.75 Å². The summed E-state index contributed by atoms with van der Waals surface area (Å²) in [5.41, 5.74) is 1.90. The molecule has 1 amide bonds. The zero-order valence-electron chi connectivity index (χ0n) is 14.0. The standard InChI is InChI=1S/C21H21NO2/c1-3-19(21(23)22-17-11-6-8-15(2)14-17)24-20-13-7-10-16-9-4-5-12-18(16)20/h4-14,19H,3H2,1-2H3,(H,22,23)/t19-/m1/s1. The lowest BCUT2D eigenvalue weighted by molar-refractivity contribution is -0.122. The van der Waals surface area contributed by atoms with Gasteiger partial charge in [-0.15, -0.1) is 0 Å². The number of anilines is 1. The minimum Gasteiger partial charge on any atom is -0.480 e. The second kappa shape index (κ2) is 7.18. The van der Waals surface area contributed by atoms with E-state index in [1.54, 1.807) is 0 Å². The van der Waals surface area contributed by atoms with Crippen LogP contribution in [0.4, 0.5) is 5.69 Å². The molecule has 0 aliphatic carbocycles. The molecule has 1 N–H and O–H groups in total. The van der Waals surface area contributed by atoms with E-state index in [9.17, 15) is 4.79 Å². The molecule has 0 aliphatic rings. The average molecular weight is 319 g/mol. The molecular formula is C21H21NO2. The highest BCUT2D eigenvalue weighted by Gasteiger charge is 2.19. The fraction of sp³-hybridized carbons (Fsp3) is 0.190. The van der Waals surface area contributed by atoms with Crippen LogP contribution in [0.1, 0.15) is 18.9 Å². The molecule has 0 saturated heterocycles. The smallest absolute Gasteiger partial charge is 0.265 e. The molecule has 0 aromatic heterocycles. The summed E-state index contributed by atoms with van der Waals surface area (Å²) in [6, 6.07) is 21.7. The Morgan fingerprint density at radius 2 is 1.79 bits per heavy atom. The molecule has 0 unspecified atom stereocenters. The fourth-order valence-corrected chi connectivity index (χ4v) is 2.72. The van der Waals surface area contributed by atoms with Gasteiger partial charge in [-0.2, -0.15) is 0 Å². The van der Waals surface area contributed by atoms with E-state index in [1.165, 1.54) is 0 Å². The Labute approximate surface area is 142 Å². The lowest BCUT2D eigenvalue weighted by Crippen LogP contribution is -2.32. The third-order valence-corrected chi connectivity index (χ3v) is 3.97. The molecule has 3 aromatic carbocycles. The molecule has 122 valence electrons. The minimum absolute atomic E-state index is 0.129. The van der Waals surface area contributed by atoms with Crippen LogP contribution in [0.25, 0.3) is 10.8 Å². The maximum Gasteiger partial charge on any atom is 0.265 e. The van der Waals surface area contributed by atoms with E-state index in [4.69, 9.17) is 4.74 Å². The number of aryl methyl sites for hydroxylation is 1. The molecule has 0 spiro atoms. The number of amides is 1. The molecule has 0 aliphatic heterocycles. The molecule has 3 rings (SSSR count). The number of hydrogen-bond acceptors (Lipinski definition) is 2. The third kappa shape index (κ3) is 3.57. The Bertz CT molecular complexity index is 852. The first-order valence-electron chi connectivity index (χ1n) is 8.19. The average Bonchev–Trinajstić information content (AvgIpc) is 2.59. The number of ether oxygens (including phenoxy) is 1. The van der Waals surface area contributed by atoms with Crippen molar-refractivity contribution < 1.29 is 9.53 Å². The Kier molecular flexibility index (Phi) is 4.80. The van der Waals surface area contributed by atoms with E-state index in [2.05, 4.69) is 5.32 Å². The highest BCUT2D eigenvalue weighted by Crippen LogP contribution is 2.26. The van der Waals surface area contributed by atoms with Crippen molar-refractivity contribution in [3.63, 3.8) is 0 Å². The van der Waals surface area contributed by atoms with E-state index in [1.807, 2.05) is 80.6 Å². The van der Waals surface area contributed by atoms with Gasteiger partial charge in [-0.25, -0.2) is 0 Å². The molecule has 0 radical (unpaired) electrons. The van der Waals surface area contributed by atoms with Crippen molar-refractivity contribution in [2.75, 3.05) is 5.32 Å². The lowest BCUT2D eigenvalue weighted by atomic mass is 10.1. The monoisotopic (exact) mass is 319 g/mol. The van der Waals surface area contributed by atoms with Crippen molar-refractivity contribution in [3.05, 3.63) is 72.3 Å². The van der Waals surface area contributed by atoms with Crippen molar-refractivity contribution in [1.29, 1.82) is 0 Å². The van der Waals surface area contributed by atoms with Gasteiger partial charge >= 0.3 is 0 Å². The summed E-state index contributed by atoms with van der Waals surface area (Å²) in [7, 11) is 0. The highest BCUT2D eigenvalue weighted by atomic mass is 16.5. The first-order valence-corrected chi connectivity index (χ1v) is 8.19. The molecule has 0 bridgehead atoms. The van der Waals surface area contributed by atoms with Gasteiger partial charge in [0.25, 0.3) is 5.91 Å². The van der Waals surface area contributed by atoms with Gasteiger partial charge in [-0.05, 0) is 42.5 Å². The Hall–Kier alpha value is -2.81. The summed E-state index contributed by atoms with van der Waals surface area (Å²) in [6.45, 7) is 3.95. The molecule has 3 aromatic rings. The summed E-state index contributed by atoms with van der Waals surface area (Å²) in [5.74, 6) is 0.607. The van der Waals surface area contributed by atoms with Crippen LogP contribution in [-0.4, -0.2) is 12.0 Å². The largest absolute Gasteiger partial charge is 0.480 e. The van der Waals surface area contributed by atoms with E-state index < -0.39 is 6.10 Å². The van der Waals surface area contributed by atoms with Gasteiger partial charge in [-0.1, -0.05) is 55.5 Å². The van der Waals surface area contributed by atoms with Crippen LogP contribution in [0.2, 0.25) is 0 Å². The van der Waals surface area contributed by atoms with E-state index >= 15 is 0 Å². The van der Waals surface area contributed by atoms with Gasteiger partial charge in [0.2, 0.25) is 0 Å². The van der Waals surface area contributed by atoms with Crippen LogP contribution in [-0.2, 0) is 4.79 Å². The van der Waals surface area contributed by atoms with Gasteiger partial charge < -0.3 is 10.1 Å². The van der Waals surface area contributed by atoms with E-state index in [-0.39, 0.29) is 5.91 Å². The third-order valence-electron chi connectivity index (χ3n) is 3.97. The Balaban J connectivity index is 1.79. The van der Waals surface area contributed by atoms with Crippen LogP contribution in [0.15, 0.2) is 66.7 Å². The zero-order chi connectivity index (χ0) is 16.9. The van der Waals surface area contributed by atoms with Gasteiger partial charge in [0.1, 0.15) is 5.75 Å². The summed E-state index contributed by atoms with van der Waals surface area (Å²) >= 11 is 0. The van der Waals surface area contributed by atoms with Gasteiger partial charge in [0, 0.05) is 11.1 Å². The molecule has 0 heterocycles. The van der Waals surface area contributed by atoms with E-state index in [0.717, 1.165) is 27.8 Å². The first-order chi connectivity index (χ1) is 11.7. The van der Waals surface area contributed by atoms with Crippen LogP contribution in [0.3, 0.4) is 0 Å². The second-order valence-electron chi connectivity index (χ2n) is 5.85. The molecule has 24 heavy (non-hydrogen) atoms. The Morgan fingerprint density at radius 1 is 1.04 bits per heavy atom. The topological polar surface area (TPSA) is 38.3 Å². The van der Waals surface area contributed by atoms with Crippen molar-refractivity contribution in [2.45, 2.75) is 26.4 Å². The lowest BCUT2D eigenvalue weighted by Gasteiger charge is -2.18. The van der Waals surface area contributed by atoms with Gasteiger partial charge in [0.05, 0.1) is 0 Å². The summed E-state index contributed by atoms with van der Waals surface area (Å²) in [5, 5.41) is 5.05. The van der Waals surface area contributed by atoms with Crippen LogP contribution in [0, 0.1) is 6.92 Å². The van der Waals surface area contributed by atoms with Crippen LogP contribution < -0.4 is 10.1 Å². The molecule has 1 atom stereocenters. The van der Waals surface area contributed by atoms with Crippen molar-refractivity contribution in [1.82, 2.24) is 0 Å². The van der Waals surface area contributed by atoms with Gasteiger partial charge in [-0.3, -0.25) is 4.79 Å². The van der Waals surface area contributed by atoms with Crippen molar-refractivity contribution >= 4 is 22.4 Å². The summed E-state index contributed by atoms with van der Waals surface area (Å²) in [6.07, 6.45) is 0.0669.